The highest BCUT2D eigenvalue weighted by Crippen LogP contribution is 2.23. The first-order valence-corrected chi connectivity index (χ1v) is 5.54. The van der Waals surface area contributed by atoms with Gasteiger partial charge in [-0.15, -0.1) is 9.73 Å². The van der Waals surface area contributed by atoms with Crippen molar-refractivity contribution in [3.8, 4) is 17.1 Å². The Balaban J connectivity index is 2.18. The van der Waals surface area contributed by atoms with Gasteiger partial charge in [0.1, 0.15) is 0 Å². The molecule has 0 aliphatic rings. The Bertz CT molecular complexity index is 711. The molecule has 0 N–H and O–H groups in total. The van der Waals surface area contributed by atoms with Gasteiger partial charge in [0.15, 0.2) is 0 Å². The van der Waals surface area contributed by atoms with Crippen molar-refractivity contribution in [3.63, 3.8) is 0 Å². The molecule has 0 spiro atoms. The molecular formula is C11H8ClN5O. The molecule has 0 aliphatic heterocycles. The predicted molar refractivity (Wildman–Crippen MR) is 65.6 cm³/mol. The van der Waals surface area contributed by atoms with Gasteiger partial charge in [-0.3, -0.25) is 0 Å². The van der Waals surface area contributed by atoms with Crippen molar-refractivity contribution in [2.75, 3.05) is 7.11 Å². The van der Waals surface area contributed by atoms with Crippen molar-refractivity contribution in [1.82, 2.24) is 24.8 Å². The molecule has 0 radical (unpaired) electrons. The molecule has 7 heteroatoms. The molecule has 0 aromatic carbocycles. The van der Waals surface area contributed by atoms with Crippen molar-refractivity contribution >= 4 is 17.1 Å². The Hall–Kier alpha value is -2.21. The van der Waals surface area contributed by atoms with Crippen LogP contribution in [0, 0.1) is 0 Å². The number of methoxy groups -OCH3 is 1. The molecule has 0 amide bonds. The summed E-state index contributed by atoms with van der Waals surface area (Å²) in [6.45, 7) is 0. The maximum absolute atomic E-state index is 5.78. The molecule has 0 aliphatic carbocycles. The van der Waals surface area contributed by atoms with Crippen LogP contribution in [0.25, 0.3) is 16.8 Å². The Kier molecular flexibility index (Phi) is 2.56. The van der Waals surface area contributed by atoms with Crippen LogP contribution >= 0.6 is 11.6 Å². The van der Waals surface area contributed by atoms with Gasteiger partial charge in [0.05, 0.1) is 24.5 Å². The number of hydrogen-bond donors (Lipinski definition) is 0. The zero-order chi connectivity index (χ0) is 12.5. The van der Waals surface area contributed by atoms with Crippen LogP contribution < -0.4 is 4.74 Å². The quantitative estimate of drug-likeness (QED) is 0.659. The third-order valence-electron chi connectivity index (χ3n) is 2.48. The SMILES string of the molecule is COc1ccc2c(-c3ccnc(Cl)n3)cnn2n1. The Morgan fingerprint density at radius 3 is 2.94 bits per heavy atom. The van der Waals surface area contributed by atoms with Crippen LogP contribution in [0.1, 0.15) is 0 Å². The van der Waals surface area contributed by atoms with Crippen LogP contribution in [0.2, 0.25) is 5.28 Å². The van der Waals surface area contributed by atoms with E-state index in [0.717, 1.165) is 11.1 Å². The molecule has 3 aromatic rings. The van der Waals surface area contributed by atoms with Gasteiger partial charge in [-0.2, -0.15) is 5.10 Å². The smallest absolute Gasteiger partial charge is 0.233 e. The highest BCUT2D eigenvalue weighted by atomic mass is 35.5. The summed E-state index contributed by atoms with van der Waals surface area (Å²) in [4.78, 5) is 8.00. The van der Waals surface area contributed by atoms with E-state index < -0.39 is 0 Å². The van der Waals surface area contributed by atoms with Gasteiger partial charge in [-0.1, -0.05) is 0 Å². The number of halogens is 1. The summed E-state index contributed by atoms with van der Waals surface area (Å²) in [6.07, 6.45) is 3.28. The Morgan fingerprint density at radius 1 is 1.28 bits per heavy atom. The lowest BCUT2D eigenvalue weighted by molar-refractivity contribution is 0.387. The topological polar surface area (TPSA) is 65.2 Å². The second kappa shape index (κ2) is 4.23. The molecule has 0 saturated carbocycles. The average molecular weight is 262 g/mol. The van der Waals surface area contributed by atoms with Crippen LogP contribution in [0.15, 0.2) is 30.6 Å². The highest BCUT2D eigenvalue weighted by molar-refractivity contribution is 6.28. The van der Waals surface area contributed by atoms with Crippen LogP contribution in [0.3, 0.4) is 0 Å². The second-order valence-electron chi connectivity index (χ2n) is 3.52. The van der Waals surface area contributed by atoms with E-state index in [2.05, 4.69) is 20.2 Å². The molecule has 0 unspecified atom stereocenters. The molecule has 0 atom stereocenters. The maximum atomic E-state index is 5.78. The molecule has 0 bridgehead atoms. The first-order chi connectivity index (χ1) is 8.78. The van der Waals surface area contributed by atoms with Crippen LogP contribution in [-0.4, -0.2) is 31.9 Å². The summed E-state index contributed by atoms with van der Waals surface area (Å²) >= 11 is 5.78. The number of aromatic nitrogens is 5. The van der Waals surface area contributed by atoms with Crippen LogP contribution in [0.5, 0.6) is 5.88 Å². The summed E-state index contributed by atoms with van der Waals surface area (Å²) in [7, 11) is 1.56. The number of hydrogen-bond acceptors (Lipinski definition) is 5. The van der Waals surface area contributed by atoms with Crippen molar-refractivity contribution in [2.24, 2.45) is 0 Å². The lowest BCUT2D eigenvalue weighted by Gasteiger charge is -2.00. The van der Waals surface area contributed by atoms with Crippen LogP contribution in [0.4, 0.5) is 0 Å². The van der Waals surface area contributed by atoms with Gasteiger partial charge in [-0.05, 0) is 23.7 Å². The minimum atomic E-state index is 0.202. The molecular weight excluding hydrogens is 254 g/mol. The van der Waals surface area contributed by atoms with E-state index in [1.54, 1.807) is 31.6 Å². The molecule has 6 nitrogen and oxygen atoms in total. The summed E-state index contributed by atoms with van der Waals surface area (Å²) in [5.74, 6) is 0.498. The third kappa shape index (κ3) is 1.76. The average Bonchev–Trinajstić information content (AvgIpc) is 2.81. The van der Waals surface area contributed by atoms with E-state index in [1.807, 2.05) is 6.07 Å². The predicted octanol–water partition coefficient (Wildman–Crippen LogP) is 1.85. The number of rotatable bonds is 2. The fourth-order valence-corrected chi connectivity index (χ4v) is 1.80. The molecule has 90 valence electrons. The zero-order valence-electron chi connectivity index (χ0n) is 9.41. The Morgan fingerprint density at radius 2 is 2.17 bits per heavy atom. The normalized spacial score (nSPS) is 10.8. The summed E-state index contributed by atoms with van der Waals surface area (Å²) in [5.41, 5.74) is 2.37. The maximum Gasteiger partial charge on any atom is 0.233 e. The van der Waals surface area contributed by atoms with Gasteiger partial charge in [0.2, 0.25) is 11.2 Å². The standard InChI is InChI=1S/C11H8ClN5O/c1-18-10-3-2-9-7(6-14-17(9)16-10)8-4-5-13-11(12)15-8/h2-6H,1H3. The number of ether oxygens (including phenoxy) is 1. The van der Waals surface area contributed by atoms with E-state index in [-0.39, 0.29) is 5.28 Å². The third-order valence-corrected chi connectivity index (χ3v) is 2.66. The monoisotopic (exact) mass is 261 g/mol. The number of nitrogens with zero attached hydrogens (tertiary/aromatic N) is 5. The van der Waals surface area contributed by atoms with Crippen molar-refractivity contribution in [1.29, 1.82) is 0 Å². The van der Waals surface area contributed by atoms with Gasteiger partial charge < -0.3 is 4.74 Å². The van der Waals surface area contributed by atoms with E-state index in [0.29, 0.717) is 11.6 Å². The fraction of sp³-hybridized carbons (Fsp3) is 0.0909. The second-order valence-corrected chi connectivity index (χ2v) is 3.86. The molecule has 3 heterocycles. The van der Waals surface area contributed by atoms with E-state index >= 15 is 0 Å². The summed E-state index contributed by atoms with van der Waals surface area (Å²) in [5, 5.41) is 8.53. The molecule has 18 heavy (non-hydrogen) atoms. The molecule has 0 fully saturated rings. The van der Waals surface area contributed by atoms with Crippen molar-refractivity contribution in [2.45, 2.75) is 0 Å². The highest BCUT2D eigenvalue weighted by Gasteiger charge is 2.10. The lowest BCUT2D eigenvalue weighted by Crippen LogP contribution is -1.96. The first-order valence-electron chi connectivity index (χ1n) is 5.16. The van der Waals surface area contributed by atoms with E-state index in [9.17, 15) is 0 Å². The molecule has 3 aromatic heterocycles. The van der Waals surface area contributed by atoms with Gasteiger partial charge in [0.25, 0.3) is 0 Å². The Labute approximate surface area is 107 Å². The summed E-state index contributed by atoms with van der Waals surface area (Å²) < 4.78 is 6.53. The first kappa shape index (κ1) is 10.9. The molecule has 0 saturated heterocycles. The number of fused-ring (bicyclic) bond motifs is 1. The summed E-state index contributed by atoms with van der Waals surface area (Å²) in [6, 6.07) is 5.40. The molecule has 3 rings (SSSR count). The van der Waals surface area contributed by atoms with Gasteiger partial charge in [0, 0.05) is 17.8 Å². The van der Waals surface area contributed by atoms with E-state index in [1.165, 1.54) is 4.63 Å². The zero-order valence-corrected chi connectivity index (χ0v) is 10.2. The van der Waals surface area contributed by atoms with E-state index in [4.69, 9.17) is 16.3 Å². The lowest BCUT2D eigenvalue weighted by atomic mass is 10.2. The largest absolute Gasteiger partial charge is 0.480 e. The van der Waals surface area contributed by atoms with Crippen LogP contribution in [-0.2, 0) is 0 Å². The minimum Gasteiger partial charge on any atom is -0.480 e. The fourth-order valence-electron chi connectivity index (χ4n) is 1.65. The van der Waals surface area contributed by atoms with Gasteiger partial charge in [-0.25, -0.2) is 9.97 Å². The van der Waals surface area contributed by atoms with Crippen molar-refractivity contribution < 1.29 is 4.74 Å². The van der Waals surface area contributed by atoms with Gasteiger partial charge >= 0.3 is 0 Å². The minimum absolute atomic E-state index is 0.202. The van der Waals surface area contributed by atoms with Crippen molar-refractivity contribution in [3.05, 3.63) is 35.9 Å².